The maximum absolute atomic E-state index is 8.97. The number of aromatic nitrogens is 1. The molecular weight excluding hydrogens is 305 g/mol. The molecule has 0 unspecified atom stereocenters. The van der Waals surface area contributed by atoms with E-state index in [1.54, 1.807) is 18.2 Å². The Balaban J connectivity index is 2.24. The van der Waals surface area contributed by atoms with Crippen molar-refractivity contribution in [2.45, 2.75) is 6.61 Å². The molecule has 0 saturated carbocycles. The van der Waals surface area contributed by atoms with Crippen molar-refractivity contribution in [3.63, 3.8) is 0 Å². The normalized spacial score (nSPS) is 10.6. The van der Waals surface area contributed by atoms with E-state index in [2.05, 4.69) is 4.98 Å². The van der Waals surface area contributed by atoms with E-state index >= 15 is 0 Å². The van der Waals surface area contributed by atoms with Crippen LogP contribution >= 0.6 is 46.1 Å². The summed E-state index contributed by atoms with van der Waals surface area (Å²) in [5, 5.41) is 10.5. The maximum atomic E-state index is 8.97. The van der Waals surface area contributed by atoms with Gasteiger partial charge in [-0.3, -0.25) is 0 Å². The summed E-state index contributed by atoms with van der Waals surface area (Å²) < 4.78 is 5.45. The van der Waals surface area contributed by atoms with Crippen LogP contribution in [0.2, 0.25) is 15.2 Å². The average molecular weight is 311 g/mol. The predicted molar refractivity (Wildman–Crippen MR) is 69.6 cm³/mol. The fourth-order valence-corrected chi connectivity index (χ4v) is 2.63. The van der Waals surface area contributed by atoms with Crippen LogP contribution in [0.25, 0.3) is 0 Å². The lowest BCUT2D eigenvalue weighted by atomic mass is 10.3. The van der Waals surface area contributed by atoms with Crippen molar-refractivity contribution < 1.29 is 9.84 Å². The zero-order chi connectivity index (χ0) is 12.4. The van der Waals surface area contributed by atoms with Crippen LogP contribution in [0.15, 0.2) is 18.2 Å². The van der Waals surface area contributed by atoms with Crippen LogP contribution in [-0.4, -0.2) is 10.1 Å². The van der Waals surface area contributed by atoms with Crippen molar-refractivity contribution in [1.82, 2.24) is 4.98 Å². The molecule has 0 saturated heterocycles. The molecule has 1 aromatic heterocycles. The first kappa shape index (κ1) is 12.9. The van der Waals surface area contributed by atoms with Gasteiger partial charge in [0.1, 0.15) is 10.9 Å². The summed E-state index contributed by atoms with van der Waals surface area (Å²) in [5.74, 6) is 0.470. The molecule has 1 N–H and O–H groups in total. The summed E-state index contributed by atoms with van der Waals surface area (Å²) in [4.78, 5) is 4.50. The Hall–Kier alpha value is -0.520. The highest BCUT2D eigenvalue weighted by atomic mass is 35.5. The van der Waals surface area contributed by atoms with Crippen LogP contribution in [-0.2, 0) is 6.61 Å². The van der Waals surface area contributed by atoms with E-state index in [0.717, 1.165) is 11.3 Å². The molecule has 0 aliphatic carbocycles. The van der Waals surface area contributed by atoms with E-state index < -0.39 is 0 Å². The SMILES string of the molecule is OCc1sc(Oc2cc(Cl)cc(Cl)c2)nc1Cl. The van der Waals surface area contributed by atoms with Gasteiger partial charge in [-0.15, -0.1) is 0 Å². The van der Waals surface area contributed by atoms with E-state index in [1.807, 2.05) is 0 Å². The van der Waals surface area contributed by atoms with Gasteiger partial charge in [-0.05, 0) is 18.2 Å². The molecule has 2 aromatic rings. The molecule has 0 fully saturated rings. The van der Waals surface area contributed by atoms with Crippen LogP contribution in [0.5, 0.6) is 10.9 Å². The molecule has 0 aliphatic heterocycles. The van der Waals surface area contributed by atoms with E-state index in [1.165, 1.54) is 0 Å². The van der Waals surface area contributed by atoms with Crippen molar-refractivity contribution in [2.75, 3.05) is 0 Å². The lowest BCUT2D eigenvalue weighted by Gasteiger charge is -2.02. The molecule has 0 spiro atoms. The number of hydrogen-bond acceptors (Lipinski definition) is 4. The largest absolute Gasteiger partial charge is 0.431 e. The number of aliphatic hydroxyl groups excluding tert-OH is 1. The molecule has 1 aromatic carbocycles. The number of benzene rings is 1. The fraction of sp³-hybridized carbons (Fsp3) is 0.100. The minimum Gasteiger partial charge on any atom is -0.431 e. The lowest BCUT2D eigenvalue weighted by molar-refractivity contribution is 0.285. The topological polar surface area (TPSA) is 42.4 Å². The third kappa shape index (κ3) is 3.24. The van der Waals surface area contributed by atoms with Crippen molar-refractivity contribution in [1.29, 1.82) is 0 Å². The van der Waals surface area contributed by atoms with Crippen LogP contribution in [0.4, 0.5) is 0 Å². The fourth-order valence-electron chi connectivity index (χ4n) is 1.14. The van der Waals surface area contributed by atoms with Gasteiger partial charge in [0, 0.05) is 10.0 Å². The number of rotatable bonds is 3. The van der Waals surface area contributed by atoms with Crippen LogP contribution in [0, 0.1) is 0 Å². The van der Waals surface area contributed by atoms with E-state index in [9.17, 15) is 0 Å². The molecule has 2 rings (SSSR count). The highest BCUT2D eigenvalue weighted by Crippen LogP contribution is 2.33. The maximum Gasteiger partial charge on any atom is 0.280 e. The van der Waals surface area contributed by atoms with Crippen LogP contribution in [0.3, 0.4) is 0 Å². The summed E-state index contributed by atoms with van der Waals surface area (Å²) in [5.41, 5.74) is 0. The van der Waals surface area contributed by atoms with Gasteiger partial charge in [-0.1, -0.05) is 46.1 Å². The number of ether oxygens (including phenoxy) is 1. The zero-order valence-electron chi connectivity index (χ0n) is 8.28. The third-order valence-electron chi connectivity index (χ3n) is 1.81. The highest BCUT2D eigenvalue weighted by molar-refractivity contribution is 7.13. The highest BCUT2D eigenvalue weighted by Gasteiger charge is 2.10. The second kappa shape index (κ2) is 5.42. The Morgan fingerprint density at radius 1 is 1.18 bits per heavy atom. The molecule has 3 nitrogen and oxygen atoms in total. The summed E-state index contributed by atoms with van der Waals surface area (Å²) >= 11 is 18.6. The molecule has 17 heavy (non-hydrogen) atoms. The minimum absolute atomic E-state index is 0.170. The minimum atomic E-state index is -0.170. The summed E-state index contributed by atoms with van der Waals surface area (Å²) in [6.45, 7) is -0.170. The van der Waals surface area contributed by atoms with Crippen molar-refractivity contribution in [3.8, 4) is 10.9 Å². The molecule has 0 aliphatic rings. The van der Waals surface area contributed by atoms with Crippen LogP contribution < -0.4 is 4.74 Å². The zero-order valence-corrected chi connectivity index (χ0v) is 11.4. The average Bonchev–Trinajstić information content (AvgIpc) is 2.57. The van der Waals surface area contributed by atoms with Crippen molar-refractivity contribution in [2.24, 2.45) is 0 Å². The Kier molecular flexibility index (Phi) is 4.12. The van der Waals surface area contributed by atoms with Crippen molar-refractivity contribution >= 4 is 46.1 Å². The van der Waals surface area contributed by atoms with Gasteiger partial charge in [0.25, 0.3) is 5.19 Å². The summed E-state index contributed by atoms with van der Waals surface area (Å²) in [6.07, 6.45) is 0. The molecule has 90 valence electrons. The number of nitrogens with zero attached hydrogens (tertiary/aromatic N) is 1. The molecule has 0 radical (unpaired) electrons. The number of halogens is 3. The summed E-state index contributed by atoms with van der Waals surface area (Å²) in [7, 11) is 0. The Bertz CT molecular complexity index is 524. The first-order chi connectivity index (χ1) is 8.08. The van der Waals surface area contributed by atoms with Gasteiger partial charge in [0.05, 0.1) is 11.5 Å². The van der Waals surface area contributed by atoms with Gasteiger partial charge >= 0.3 is 0 Å². The lowest BCUT2D eigenvalue weighted by Crippen LogP contribution is -1.82. The number of thiazole rings is 1. The smallest absolute Gasteiger partial charge is 0.280 e. The molecule has 0 amide bonds. The number of aliphatic hydroxyl groups is 1. The van der Waals surface area contributed by atoms with Gasteiger partial charge in [-0.2, -0.15) is 4.98 Å². The third-order valence-corrected chi connectivity index (χ3v) is 3.59. The second-order valence-corrected chi connectivity index (χ2v) is 5.34. The molecule has 0 atom stereocenters. The van der Waals surface area contributed by atoms with Gasteiger partial charge in [0.2, 0.25) is 0 Å². The van der Waals surface area contributed by atoms with E-state index in [-0.39, 0.29) is 11.8 Å². The Morgan fingerprint density at radius 2 is 1.82 bits per heavy atom. The molecule has 0 bridgehead atoms. The standard InChI is InChI=1S/C10H6Cl3NO2S/c11-5-1-6(12)3-7(2-5)16-10-14-9(13)8(4-15)17-10/h1-3,15H,4H2. The van der Waals surface area contributed by atoms with Crippen LogP contribution in [0.1, 0.15) is 4.88 Å². The quantitative estimate of drug-likeness (QED) is 0.914. The van der Waals surface area contributed by atoms with E-state index in [0.29, 0.717) is 25.9 Å². The van der Waals surface area contributed by atoms with Gasteiger partial charge in [-0.25, -0.2) is 0 Å². The molecule has 1 heterocycles. The van der Waals surface area contributed by atoms with Gasteiger partial charge < -0.3 is 9.84 Å². The number of hydrogen-bond donors (Lipinski definition) is 1. The molecular formula is C10H6Cl3NO2S. The monoisotopic (exact) mass is 309 g/mol. The van der Waals surface area contributed by atoms with Gasteiger partial charge in [0.15, 0.2) is 0 Å². The second-order valence-electron chi connectivity index (χ2n) is 3.06. The Labute approximate surface area is 117 Å². The first-order valence-corrected chi connectivity index (χ1v) is 6.43. The summed E-state index contributed by atoms with van der Waals surface area (Å²) in [6, 6.07) is 4.83. The van der Waals surface area contributed by atoms with E-state index in [4.69, 9.17) is 44.6 Å². The first-order valence-electron chi connectivity index (χ1n) is 4.48. The Morgan fingerprint density at radius 3 is 2.35 bits per heavy atom. The molecule has 7 heteroatoms. The predicted octanol–water partition coefficient (Wildman–Crippen LogP) is 4.39. The van der Waals surface area contributed by atoms with Crippen molar-refractivity contribution in [3.05, 3.63) is 38.3 Å².